The lowest BCUT2D eigenvalue weighted by Gasteiger charge is -2.05. The number of fused-ring (bicyclic) bond motifs is 1. The predicted molar refractivity (Wildman–Crippen MR) is 105 cm³/mol. The highest BCUT2D eigenvalue weighted by Crippen LogP contribution is 2.46. The molecule has 4 heteroatoms. The summed E-state index contributed by atoms with van der Waals surface area (Å²) in [6.45, 7) is 4.16. The van der Waals surface area contributed by atoms with Crippen LogP contribution in [0.3, 0.4) is 0 Å². The first kappa shape index (κ1) is 16.8. The number of aryl methyl sites for hydroxylation is 1. The van der Waals surface area contributed by atoms with Crippen molar-refractivity contribution in [3.05, 3.63) is 53.2 Å². The minimum atomic E-state index is -0.574. The SMILES string of the molecule is COC(=O)C1(C#Cc2ccc3cc(-c4snc(C)c4C)ccc3c2)CC1. The minimum Gasteiger partial charge on any atom is -0.468 e. The van der Waals surface area contributed by atoms with Gasteiger partial charge in [0.25, 0.3) is 0 Å². The van der Waals surface area contributed by atoms with Crippen molar-refractivity contribution in [2.45, 2.75) is 26.7 Å². The Bertz CT molecular complexity index is 1080. The summed E-state index contributed by atoms with van der Waals surface area (Å²) in [5, 5.41) is 2.31. The third-order valence-electron chi connectivity index (χ3n) is 5.03. The molecule has 1 aromatic heterocycles. The van der Waals surface area contributed by atoms with E-state index in [2.05, 4.69) is 53.5 Å². The number of hydrogen-bond donors (Lipinski definition) is 0. The molecule has 0 atom stereocenters. The van der Waals surface area contributed by atoms with E-state index < -0.39 is 5.41 Å². The molecular formula is C22H19NO2S. The molecule has 0 bridgehead atoms. The molecule has 1 fully saturated rings. The molecule has 0 radical (unpaired) electrons. The monoisotopic (exact) mass is 361 g/mol. The minimum absolute atomic E-state index is 0.217. The second-order valence-corrected chi connectivity index (χ2v) is 7.60. The summed E-state index contributed by atoms with van der Waals surface area (Å²) in [6, 6.07) is 12.6. The fourth-order valence-corrected chi connectivity index (χ4v) is 3.92. The Labute approximate surface area is 157 Å². The lowest BCUT2D eigenvalue weighted by Crippen LogP contribution is -2.15. The summed E-state index contributed by atoms with van der Waals surface area (Å²) in [5.41, 5.74) is 3.88. The number of esters is 1. The van der Waals surface area contributed by atoms with Crippen molar-refractivity contribution in [3.63, 3.8) is 0 Å². The fourth-order valence-electron chi connectivity index (χ4n) is 3.04. The molecule has 2 aromatic carbocycles. The highest BCUT2D eigenvalue weighted by atomic mass is 32.1. The quantitative estimate of drug-likeness (QED) is 0.482. The Kier molecular flexibility index (Phi) is 4.05. The van der Waals surface area contributed by atoms with Crippen LogP contribution < -0.4 is 0 Å². The number of methoxy groups -OCH3 is 1. The lowest BCUT2D eigenvalue weighted by atomic mass is 10.0. The molecule has 3 aromatic rings. The number of rotatable bonds is 2. The zero-order valence-electron chi connectivity index (χ0n) is 15.1. The number of aromatic nitrogens is 1. The van der Waals surface area contributed by atoms with E-state index in [1.165, 1.54) is 28.5 Å². The van der Waals surface area contributed by atoms with Crippen molar-refractivity contribution in [2.75, 3.05) is 7.11 Å². The first-order valence-electron chi connectivity index (χ1n) is 8.61. The number of benzene rings is 2. The zero-order valence-corrected chi connectivity index (χ0v) is 15.9. The molecule has 0 amide bonds. The molecule has 26 heavy (non-hydrogen) atoms. The Morgan fingerprint density at radius 1 is 1.15 bits per heavy atom. The average molecular weight is 361 g/mol. The van der Waals surface area contributed by atoms with Gasteiger partial charge >= 0.3 is 5.97 Å². The predicted octanol–water partition coefficient (Wildman–Crippen LogP) is 4.88. The lowest BCUT2D eigenvalue weighted by molar-refractivity contribution is -0.144. The highest BCUT2D eigenvalue weighted by Gasteiger charge is 2.50. The van der Waals surface area contributed by atoms with Gasteiger partial charge in [0.2, 0.25) is 0 Å². The highest BCUT2D eigenvalue weighted by molar-refractivity contribution is 7.09. The molecule has 0 spiro atoms. The van der Waals surface area contributed by atoms with Gasteiger partial charge in [-0.2, -0.15) is 4.37 Å². The second kappa shape index (κ2) is 6.26. The van der Waals surface area contributed by atoms with Crippen LogP contribution >= 0.6 is 11.5 Å². The summed E-state index contributed by atoms with van der Waals surface area (Å²) < 4.78 is 9.30. The van der Waals surface area contributed by atoms with Crippen LogP contribution in [-0.4, -0.2) is 17.5 Å². The van der Waals surface area contributed by atoms with Crippen LogP contribution in [0.4, 0.5) is 0 Å². The van der Waals surface area contributed by atoms with Gasteiger partial charge in [-0.15, -0.1) is 0 Å². The molecule has 130 valence electrons. The zero-order chi connectivity index (χ0) is 18.3. The number of ether oxygens (including phenoxy) is 1. The van der Waals surface area contributed by atoms with E-state index in [9.17, 15) is 4.79 Å². The van der Waals surface area contributed by atoms with Gasteiger partial charge in [-0.25, -0.2) is 0 Å². The van der Waals surface area contributed by atoms with Crippen LogP contribution in [-0.2, 0) is 9.53 Å². The number of carbonyl (C=O) groups excluding carboxylic acids is 1. The van der Waals surface area contributed by atoms with Gasteiger partial charge in [-0.3, -0.25) is 4.79 Å². The Hall–Kier alpha value is -2.64. The molecule has 1 aliphatic rings. The maximum atomic E-state index is 11.8. The fraction of sp³-hybridized carbons (Fsp3) is 0.273. The smallest absolute Gasteiger partial charge is 0.324 e. The Morgan fingerprint density at radius 2 is 1.88 bits per heavy atom. The van der Waals surface area contributed by atoms with Gasteiger partial charge in [0.15, 0.2) is 0 Å². The first-order valence-corrected chi connectivity index (χ1v) is 9.38. The number of nitrogens with zero attached hydrogens (tertiary/aromatic N) is 1. The van der Waals surface area contributed by atoms with E-state index >= 15 is 0 Å². The van der Waals surface area contributed by atoms with Gasteiger partial charge in [0.05, 0.1) is 17.7 Å². The van der Waals surface area contributed by atoms with Gasteiger partial charge in [-0.05, 0) is 78.3 Å². The van der Waals surface area contributed by atoms with Gasteiger partial charge in [0, 0.05) is 5.56 Å². The molecule has 1 aliphatic carbocycles. The van der Waals surface area contributed by atoms with Crippen LogP contribution in [0.25, 0.3) is 21.2 Å². The van der Waals surface area contributed by atoms with E-state index in [4.69, 9.17) is 4.74 Å². The van der Waals surface area contributed by atoms with Crippen molar-refractivity contribution in [2.24, 2.45) is 5.41 Å². The number of hydrogen-bond acceptors (Lipinski definition) is 4. The van der Waals surface area contributed by atoms with Crippen LogP contribution in [0.5, 0.6) is 0 Å². The third kappa shape index (κ3) is 2.89. The largest absolute Gasteiger partial charge is 0.468 e. The molecule has 1 heterocycles. The summed E-state index contributed by atoms with van der Waals surface area (Å²) in [6.07, 6.45) is 1.58. The Balaban J connectivity index is 1.66. The molecule has 4 rings (SSSR count). The average Bonchev–Trinajstić information content (AvgIpc) is 3.39. The van der Waals surface area contributed by atoms with E-state index in [1.54, 1.807) is 11.5 Å². The maximum absolute atomic E-state index is 11.8. The maximum Gasteiger partial charge on any atom is 0.324 e. The van der Waals surface area contributed by atoms with Gasteiger partial charge < -0.3 is 4.74 Å². The van der Waals surface area contributed by atoms with Crippen LogP contribution in [0, 0.1) is 31.1 Å². The topological polar surface area (TPSA) is 39.2 Å². The van der Waals surface area contributed by atoms with Gasteiger partial charge in [-0.1, -0.05) is 30.0 Å². The van der Waals surface area contributed by atoms with E-state index in [-0.39, 0.29) is 5.97 Å². The standard InChI is InChI=1S/C22H19NO2S/c1-14-15(2)23-26-20(14)19-7-6-17-12-16(4-5-18(17)13-19)8-9-22(10-11-22)21(24)25-3/h4-7,12-13H,10-11H2,1-3H3. The van der Waals surface area contributed by atoms with E-state index in [1.807, 2.05) is 13.0 Å². The van der Waals surface area contributed by atoms with Crippen LogP contribution in [0.1, 0.15) is 29.7 Å². The summed E-state index contributed by atoms with van der Waals surface area (Å²) in [5.74, 6) is 6.06. The molecular weight excluding hydrogens is 342 g/mol. The van der Waals surface area contributed by atoms with Crippen molar-refractivity contribution >= 4 is 28.3 Å². The molecule has 0 aliphatic heterocycles. The van der Waals surface area contributed by atoms with Crippen LogP contribution in [0.2, 0.25) is 0 Å². The summed E-state index contributed by atoms with van der Waals surface area (Å²) in [4.78, 5) is 13.0. The molecule has 0 N–H and O–H groups in total. The van der Waals surface area contributed by atoms with Crippen LogP contribution in [0.15, 0.2) is 36.4 Å². The molecule has 3 nitrogen and oxygen atoms in total. The van der Waals surface area contributed by atoms with Crippen molar-refractivity contribution < 1.29 is 9.53 Å². The van der Waals surface area contributed by atoms with E-state index in [0.717, 1.165) is 29.5 Å². The summed E-state index contributed by atoms with van der Waals surface area (Å²) in [7, 11) is 1.42. The summed E-state index contributed by atoms with van der Waals surface area (Å²) >= 11 is 1.55. The normalized spacial score (nSPS) is 14.6. The first-order chi connectivity index (χ1) is 12.5. The van der Waals surface area contributed by atoms with Gasteiger partial charge in [0.1, 0.15) is 5.41 Å². The van der Waals surface area contributed by atoms with Crippen molar-refractivity contribution in [1.82, 2.24) is 4.37 Å². The third-order valence-corrected chi connectivity index (χ3v) is 6.12. The van der Waals surface area contributed by atoms with Crippen molar-refractivity contribution in [1.29, 1.82) is 0 Å². The van der Waals surface area contributed by atoms with E-state index in [0.29, 0.717) is 0 Å². The molecule has 0 unspecified atom stereocenters. The molecule has 0 saturated heterocycles. The second-order valence-electron chi connectivity index (χ2n) is 6.82. The molecule has 1 saturated carbocycles. The Morgan fingerprint density at radius 3 is 2.54 bits per heavy atom. The number of carbonyl (C=O) groups is 1. The van der Waals surface area contributed by atoms with Crippen molar-refractivity contribution in [3.8, 4) is 22.3 Å².